The normalized spacial score (nSPS) is 15.3. The Balaban J connectivity index is 2.09. The maximum Gasteiger partial charge on any atom is 0.255 e. The Morgan fingerprint density at radius 1 is 1.53 bits per heavy atom. The van der Waals surface area contributed by atoms with Gasteiger partial charge in [0.05, 0.1) is 17.2 Å². The van der Waals surface area contributed by atoms with Crippen LogP contribution in [-0.4, -0.2) is 37.6 Å². The van der Waals surface area contributed by atoms with Gasteiger partial charge in [0.1, 0.15) is 0 Å². The van der Waals surface area contributed by atoms with Gasteiger partial charge in [0.2, 0.25) is 0 Å². The SMILES string of the molecule is COCC1=CCN(C(=O)c2ccc(N)cc2Cl)CC1. The second-order valence-corrected chi connectivity index (χ2v) is 4.94. The first kappa shape index (κ1) is 13.9. The van der Waals surface area contributed by atoms with Crippen molar-refractivity contribution >= 4 is 23.2 Å². The molecule has 102 valence electrons. The molecule has 19 heavy (non-hydrogen) atoms. The number of nitrogens with zero attached hydrogens (tertiary/aromatic N) is 1. The molecule has 1 aromatic rings. The van der Waals surface area contributed by atoms with Crippen molar-refractivity contribution in [3.05, 3.63) is 40.4 Å². The number of rotatable bonds is 3. The topological polar surface area (TPSA) is 55.6 Å². The van der Waals surface area contributed by atoms with E-state index in [1.54, 1.807) is 30.2 Å². The number of anilines is 1. The van der Waals surface area contributed by atoms with Crippen LogP contribution >= 0.6 is 11.6 Å². The Morgan fingerprint density at radius 3 is 2.89 bits per heavy atom. The monoisotopic (exact) mass is 280 g/mol. The second kappa shape index (κ2) is 6.08. The highest BCUT2D eigenvalue weighted by atomic mass is 35.5. The van der Waals surface area contributed by atoms with E-state index in [0.717, 1.165) is 6.42 Å². The van der Waals surface area contributed by atoms with E-state index in [-0.39, 0.29) is 5.91 Å². The Kier molecular flexibility index (Phi) is 4.45. The molecule has 0 saturated heterocycles. The van der Waals surface area contributed by atoms with E-state index >= 15 is 0 Å². The number of hydrogen-bond acceptors (Lipinski definition) is 3. The summed E-state index contributed by atoms with van der Waals surface area (Å²) in [4.78, 5) is 14.1. The van der Waals surface area contributed by atoms with Gasteiger partial charge in [-0.05, 0) is 30.2 Å². The van der Waals surface area contributed by atoms with Gasteiger partial charge < -0.3 is 15.4 Å². The lowest BCUT2D eigenvalue weighted by Gasteiger charge is -2.26. The molecule has 1 aliphatic heterocycles. The second-order valence-electron chi connectivity index (χ2n) is 4.54. The number of ether oxygens (including phenoxy) is 1. The predicted molar refractivity (Wildman–Crippen MR) is 76.3 cm³/mol. The fourth-order valence-electron chi connectivity index (χ4n) is 2.09. The maximum atomic E-state index is 12.3. The van der Waals surface area contributed by atoms with Gasteiger partial charge in [-0.15, -0.1) is 0 Å². The molecule has 0 aromatic heterocycles. The highest BCUT2D eigenvalue weighted by Crippen LogP contribution is 2.22. The zero-order valence-electron chi connectivity index (χ0n) is 10.9. The first-order valence-corrected chi connectivity index (χ1v) is 6.50. The minimum absolute atomic E-state index is 0.0577. The lowest BCUT2D eigenvalue weighted by molar-refractivity contribution is 0.0765. The summed E-state index contributed by atoms with van der Waals surface area (Å²) in [6, 6.07) is 4.97. The minimum Gasteiger partial charge on any atom is -0.399 e. The van der Waals surface area contributed by atoms with Gasteiger partial charge >= 0.3 is 0 Å². The van der Waals surface area contributed by atoms with E-state index < -0.39 is 0 Å². The predicted octanol–water partition coefficient (Wildman–Crippen LogP) is 2.34. The van der Waals surface area contributed by atoms with E-state index in [2.05, 4.69) is 0 Å². The van der Waals surface area contributed by atoms with Gasteiger partial charge in [-0.3, -0.25) is 4.79 Å². The van der Waals surface area contributed by atoms with Crippen LogP contribution in [0.5, 0.6) is 0 Å². The van der Waals surface area contributed by atoms with Crippen molar-refractivity contribution in [1.29, 1.82) is 0 Å². The molecule has 0 aliphatic carbocycles. The molecule has 1 heterocycles. The zero-order valence-corrected chi connectivity index (χ0v) is 11.6. The number of halogens is 1. The molecule has 5 heteroatoms. The molecule has 0 radical (unpaired) electrons. The minimum atomic E-state index is -0.0577. The Hall–Kier alpha value is -1.52. The van der Waals surface area contributed by atoms with Crippen LogP contribution in [0.3, 0.4) is 0 Å². The van der Waals surface area contributed by atoms with Crippen LogP contribution in [0.2, 0.25) is 5.02 Å². The van der Waals surface area contributed by atoms with Crippen LogP contribution in [0.4, 0.5) is 5.69 Å². The van der Waals surface area contributed by atoms with Crippen LogP contribution in [0.25, 0.3) is 0 Å². The van der Waals surface area contributed by atoms with E-state index in [1.807, 2.05) is 6.08 Å². The zero-order chi connectivity index (χ0) is 13.8. The molecule has 0 unspecified atom stereocenters. The first-order chi connectivity index (χ1) is 9.11. The van der Waals surface area contributed by atoms with Crippen molar-refractivity contribution in [2.45, 2.75) is 6.42 Å². The molecule has 0 atom stereocenters. The standard InChI is InChI=1S/C14H17ClN2O2/c1-19-9-10-4-6-17(7-5-10)14(18)12-3-2-11(16)8-13(12)15/h2-4,8H,5-7,9,16H2,1H3. The molecule has 0 spiro atoms. The highest BCUT2D eigenvalue weighted by Gasteiger charge is 2.20. The number of methoxy groups -OCH3 is 1. The highest BCUT2D eigenvalue weighted by molar-refractivity contribution is 6.34. The van der Waals surface area contributed by atoms with Crippen LogP contribution in [0.15, 0.2) is 29.8 Å². The van der Waals surface area contributed by atoms with Crippen molar-refractivity contribution in [2.24, 2.45) is 0 Å². The average molecular weight is 281 g/mol. The van der Waals surface area contributed by atoms with E-state index in [0.29, 0.717) is 36.0 Å². The van der Waals surface area contributed by atoms with Crippen LogP contribution in [0, 0.1) is 0 Å². The van der Waals surface area contributed by atoms with Crippen LogP contribution < -0.4 is 5.73 Å². The average Bonchev–Trinajstić information content (AvgIpc) is 2.39. The number of nitrogens with two attached hydrogens (primary N) is 1. The molecule has 4 nitrogen and oxygen atoms in total. The lowest BCUT2D eigenvalue weighted by Crippen LogP contribution is -2.35. The van der Waals surface area contributed by atoms with Crippen LogP contribution in [0.1, 0.15) is 16.8 Å². The van der Waals surface area contributed by atoms with Gasteiger partial charge in [0.25, 0.3) is 5.91 Å². The summed E-state index contributed by atoms with van der Waals surface area (Å²) in [5, 5.41) is 0.400. The molecular weight excluding hydrogens is 264 g/mol. The van der Waals surface area contributed by atoms with Crippen molar-refractivity contribution in [1.82, 2.24) is 4.90 Å². The largest absolute Gasteiger partial charge is 0.399 e. The Bertz CT molecular complexity index is 514. The maximum absolute atomic E-state index is 12.3. The molecule has 0 fully saturated rings. The summed E-state index contributed by atoms with van der Waals surface area (Å²) in [7, 11) is 1.67. The summed E-state index contributed by atoms with van der Waals surface area (Å²) in [5.74, 6) is -0.0577. The van der Waals surface area contributed by atoms with Crippen LogP contribution in [-0.2, 0) is 4.74 Å². The molecule has 1 amide bonds. The van der Waals surface area contributed by atoms with Gasteiger partial charge in [-0.2, -0.15) is 0 Å². The van der Waals surface area contributed by atoms with Gasteiger partial charge in [-0.25, -0.2) is 0 Å². The summed E-state index contributed by atoms with van der Waals surface area (Å²) < 4.78 is 5.09. The third kappa shape index (κ3) is 3.28. The number of carbonyl (C=O) groups is 1. The number of benzene rings is 1. The van der Waals surface area contributed by atoms with Gasteiger partial charge in [0.15, 0.2) is 0 Å². The molecule has 2 N–H and O–H groups in total. The molecule has 1 aromatic carbocycles. The van der Waals surface area contributed by atoms with Gasteiger partial charge in [0, 0.05) is 25.9 Å². The van der Waals surface area contributed by atoms with Crippen molar-refractivity contribution in [3.63, 3.8) is 0 Å². The van der Waals surface area contributed by atoms with E-state index in [9.17, 15) is 4.79 Å². The first-order valence-electron chi connectivity index (χ1n) is 6.13. The van der Waals surface area contributed by atoms with Crippen molar-refractivity contribution < 1.29 is 9.53 Å². The lowest BCUT2D eigenvalue weighted by atomic mass is 10.1. The van der Waals surface area contributed by atoms with Gasteiger partial charge in [-0.1, -0.05) is 17.7 Å². The number of hydrogen-bond donors (Lipinski definition) is 1. The fourth-order valence-corrected chi connectivity index (χ4v) is 2.36. The Morgan fingerprint density at radius 2 is 2.32 bits per heavy atom. The fraction of sp³-hybridized carbons (Fsp3) is 0.357. The molecule has 1 aliphatic rings. The summed E-state index contributed by atoms with van der Waals surface area (Å²) >= 11 is 6.06. The van der Waals surface area contributed by atoms with E-state index in [1.165, 1.54) is 5.57 Å². The van der Waals surface area contributed by atoms with E-state index in [4.69, 9.17) is 22.1 Å². The Labute approximate surface area is 117 Å². The third-order valence-electron chi connectivity index (χ3n) is 3.14. The third-order valence-corrected chi connectivity index (χ3v) is 3.46. The molecule has 0 saturated carbocycles. The quantitative estimate of drug-likeness (QED) is 0.683. The summed E-state index contributed by atoms with van der Waals surface area (Å²) in [6.07, 6.45) is 2.88. The van der Waals surface area contributed by atoms with Crippen molar-refractivity contribution in [2.75, 3.05) is 32.5 Å². The molecule has 2 rings (SSSR count). The number of nitrogen functional groups attached to an aromatic ring is 1. The summed E-state index contributed by atoms with van der Waals surface area (Å²) in [6.45, 7) is 1.91. The smallest absolute Gasteiger partial charge is 0.255 e. The number of carbonyl (C=O) groups excluding carboxylic acids is 1. The molecule has 0 bridgehead atoms. The summed E-state index contributed by atoms with van der Waals surface area (Å²) in [5.41, 5.74) is 7.91. The molecular formula is C14H17ClN2O2. The van der Waals surface area contributed by atoms with Crippen molar-refractivity contribution in [3.8, 4) is 0 Å². The number of amides is 1.